The van der Waals surface area contributed by atoms with Crippen LogP contribution in [0.2, 0.25) is 5.02 Å². The van der Waals surface area contributed by atoms with Crippen molar-refractivity contribution in [3.8, 4) is 11.5 Å². The predicted octanol–water partition coefficient (Wildman–Crippen LogP) is 3.24. The minimum Gasteiger partial charge on any atom is -0.493 e. The van der Waals surface area contributed by atoms with E-state index in [1.54, 1.807) is 0 Å². The van der Waals surface area contributed by atoms with Gasteiger partial charge in [-0.25, -0.2) is 9.59 Å². The third-order valence-corrected chi connectivity index (χ3v) is 4.17. The van der Waals surface area contributed by atoms with Crippen LogP contribution in [0.15, 0.2) is 12.1 Å². The van der Waals surface area contributed by atoms with Gasteiger partial charge in [-0.3, -0.25) is 4.79 Å². The van der Waals surface area contributed by atoms with E-state index in [1.807, 2.05) is 27.7 Å². The molecule has 0 saturated carbocycles. The smallest absolute Gasteiger partial charge is 0.338 e. The average molecular weight is 444 g/mol. The maximum atomic E-state index is 12.4. The molecule has 8 nitrogen and oxygen atoms in total. The third-order valence-electron chi connectivity index (χ3n) is 3.89. The molecule has 0 bridgehead atoms. The van der Waals surface area contributed by atoms with Crippen molar-refractivity contribution in [3.63, 3.8) is 0 Å². The SMILES string of the molecule is COC(=O)C(CC(C)C)NC(=O)COC(=O)c1cc(Cl)c(OCC(C)C)c(OC)c1. The van der Waals surface area contributed by atoms with E-state index in [0.29, 0.717) is 18.8 Å². The quantitative estimate of drug-likeness (QED) is 0.524. The highest BCUT2D eigenvalue weighted by molar-refractivity contribution is 6.32. The highest BCUT2D eigenvalue weighted by Crippen LogP contribution is 2.36. The fourth-order valence-corrected chi connectivity index (χ4v) is 2.77. The number of hydrogen-bond acceptors (Lipinski definition) is 7. The van der Waals surface area contributed by atoms with Crippen LogP contribution >= 0.6 is 11.6 Å². The molecule has 1 atom stereocenters. The number of nitrogens with one attached hydrogen (secondary N) is 1. The lowest BCUT2D eigenvalue weighted by molar-refractivity contribution is -0.145. The number of methoxy groups -OCH3 is 2. The van der Waals surface area contributed by atoms with Gasteiger partial charge in [0.15, 0.2) is 18.1 Å². The highest BCUT2D eigenvalue weighted by Gasteiger charge is 2.24. The Morgan fingerprint density at radius 2 is 1.73 bits per heavy atom. The minimum absolute atomic E-state index is 0.105. The van der Waals surface area contributed by atoms with Crippen molar-refractivity contribution in [1.82, 2.24) is 5.32 Å². The molecule has 1 N–H and O–H groups in total. The lowest BCUT2D eigenvalue weighted by atomic mass is 10.0. The van der Waals surface area contributed by atoms with E-state index in [-0.39, 0.29) is 28.2 Å². The van der Waals surface area contributed by atoms with Gasteiger partial charge < -0.3 is 24.3 Å². The van der Waals surface area contributed by atoms with Crippen LogP contribution in [-0.4, -0.2) is 51.3 Å². The van der Waals surface area contributed by atoms with Gasteiger partial charge in [-0.15, -0.1) is 0 Å². The van der Waals surface area contributed by atoms with Crippen LogP contribution in [0.25, 0.3) is 0 Å². The summed E-state index contributed by atoms with van der Waals surface area (Å²) in [6, 6.07) is 2.00. The molecule has 0 heterocycles. The van der Waals surface area contributed by atoms with Crippen LogP contribution in [-0.2, 0) is 19.1 Å². The fourth-order valence-electron chi connectivity index (χ4n) is 2.51. The summed E-state index contributed by atoms with van der Waals surface area (Å²) in [4.78, 5) is 36.3. The molecule has 1 unspecified atom stereocenters. The van der Waals surface area contributed by atoms with Crippen LogP contribution in [0.1, 0.15) is 44.5 Å². The number of benzene rings is 1. The molecule has 168 valence electrons. The number of ether oxygens (including phenoxy) is 4. The summed E-state index contributed by atoms with van der Waals surface area (Å²) in [7, 11) is 2.67. The van der Waals surface area contributed by atoms with Gasteiger partial charge in [0.25, 0.3) is 5.91 Å². The number of amides is 1. The zero-order valence-electron chi connectivity index (χ0n) is 18.2. The number of carbonyl (C=O) groups excluding carboxylic acids is 3. The third kappa shape index (κ3) is 8.10. The van der Waals surface area contributed by atoms with E-state index in [1.165, 1.54) is 26.4 Å². The van der Waals surface area contributed by atoms with Crippen molar-refractivity contribution in [2.24, 2.45) is 11.8 Å². The first-order valence-electron chi connectivity index (χ1n) is 9.63. The van der Waals surface area contributed by atoms with E-state index in [9.17, 15) is 14.4 Å². The largest absolute Gasteiger partial charge is 0.493 e. The molecular formula is C21H30ClNO7. The highest BCUT2D eigenvalue weighted by atomic mass is 35.5. The Labute approximate surface area is 182 Å². The molecule has 1 amide bonds. The van der Waals surface area contributed by atoms with Gasteiger partial charge in [0.05, 0.1) is 31.4 Å². The Balaban J connectivity index is 2.79. The Hall–Kier alpha value is -2.48. The molecule has 0 aromatic heterocycles. The van der Waals surface area contributed by atoms with Crippen LogP contribution in [0.4, 0.5) is 0 Å². The number of esters is 2. The monoisotopic (exact) mass is 443 g/mol. The second kappa shape index (κ2) is 12.3. The molecule has 0 fully saturated rings. The van der Waals surface area contributed by atoms with E-state index in [4.69, 9.17) is 30.5 Å². The summed E-state index contributed by atoms with van der Waals surface area (Å²) < 4.78 is 20.6. The van der Waals surface area contributed by atoms with Gasteiger partial charge in [0.2, 0.25) is 0 Å². The van der Waals surface area contributed by atoms with E-state index in [0.717, 1.165) is 0 Å². The first kappa shape index (κ1) is 25.6. The first-order valence-corrected chi connectivity index (χ1v) is 10.0. The molecule has 1 rings (SSSR count). The van der Waals surface area contributed by atoms with Crippen LogP contribution < -0.4 is 14.8 Å². The second-order valence-electron chi connectivity index (χ2n) is 7.54. The van der Waals surface area contributed by atoms with Crippen LogP contribution in [0.5, 0.6) is 11.5 Å². The molecule has 0 aliphatic heterocycles. The van der Waals surface area contributed by atoms with Crippen LogP contribution in [0, 0.1) is 11.8 Å². The normalized spacial score (nSPS) is 11.8. The predicted molar refractivity (Wildman–Crippen MR) is 112 cm³/mol. The molecule has 0 radical (unpaired) electrons. The number of carbonyl (C=O) groups is 3. The summed E-state index contributed by atoms with van der Waals surface area (Å²) in [5, 5.41) is 2.70. The van der Waals surface area contributed by atoms with Crippen molar-refractivity contribution < 1.29 is 33.3 Å². The minimum atomic E-state index is -0.812. The molecule has 1 aromatic carbocycles. The molecule has 0 spiro atoms. The van der Waals surface area contributed by atoms with Crippen molar-refractivity contribution in [3.05, 3.63) is 22.7 Å². The van der Waals surface area contributed by atoms with Gasteiger partial charge in [-0.2, -0.15) is 0 Å². The lowest BCUT2D eigenvalue weighted by Gasteiger charge is -2.18. The summed E-state index contributed by atoms with van der Waals surface area (Å²) in [5.41, 5.74) is 0.105. The van der Waals surface area contributed by atoms with Gasteiger partial charge in [0.1, 0.15) is 6.04 Å². The zero-order valence-corrected chi connectivity index (χ0v) is 19.0. The van der Waals surface area contributed by atoms with E-state index in [2.05, 4.69) is 5.32 Å². The maximum Gasteiger partial charge on any atom is 0.338 e. The van der Waals surface area contributed by atoms with Crippen LogP contribution in [0.3, 0.4) is 0 Å². The van der Waals surface area contributed by atoms with E-state index >= 15 is 0 Å². The molecule has 30 heavy (non-hydrogen) atoms. The maximum absolute atomic E-state index is 12.4. The molecule has 1 aromatic rings. The van der Waals surface area contributed by atoms with Crippen molar-refractivity contribution >= 4 is 29.4 Å². The Bertz CT molecular complexity index is 749. The molecule has 0 aliphatic rings. The summed E-state index contributed by atoms with van der Waals surface area (Å²) >= 11 is 6.23. The zero-order chi connectivity index (χ0) is 22.8. The Kier molecular flexibility index (Phi) is 10.5. The van der Waals surface area contributed by atoms with Gasteiger partial charge in [-0.05, 0) is 30.4 Å². The summed E-state index contributed by atoms with van der Waals surface area (Å²) in [6.07, 6.45) is 0.400. The molecular weight excluding hydrogens is 414 g/mol. The van der Waals surface area contributed by atoms with Crippen molar-refractivity contribution in [2.45, 2.75) is 40.2 Å². The average Bonchev–Trinajstić information content (AvgIpc) is 2.68. The van der Waals surface area contributed by atoms with Gasteiger partial charge in [-0.1, -0.05) is 39.3 Å². The Morgan fingerprint density at radius 1 is 1.07 bits per heavy atom. The summed E-state index contributed by atoms with van der Waals surface area (Å²) in [6.45, 7) is 7.67. The number of halogens is 1. The fraction of sp³-hybridized carbons (Fsp3) is 0.571. The van der Waals surface area contributed by atoms with Gasteiger partial charge >= 0.3 is 11.9 Å². The topological polar surface area (TPSA) is 100 Å². The molecule has 0 saturated heterocycles. The standard InChI is InChI=1S/C21H30ClNO7/c1-12(2)7-16(21(26)28-6)23-18(24)11-30-20(25)14-8-15(22)19(17(9-14)27-5)29-10-13(3)4/h8-9,12-13,16H,7,10-11H2,1-6H3,(H,23,24). The van der Waals surface area contributed by atoms with Gasteiger partial charge in [0, 0.05) is 0 Å². The van der Waals surface area contributed by atoms with Crippen molar-refractivity contribution in [1.29, 1.82) is 0 Å². The molecule has 9 heteroatoms. The number of rotatable bonds is 11. The Morgan fingerprint density at radius 3 is 2.27 bits per heavy atom. The second-order valence-corrected chi connectivity index (χ2v) is 7.95. The van der Waals surface area contributed by atoms with E-state index < -0.39 is 30.5 Å². The number of hydrogen-bond donors (Lipinski definition) is 1. The lowest BCUT2D eigenvalue weighted by Crippen LogP contribution is -2.44. The van der Waals surface area contributed by atoms with Crippen molar-refractivity contribution in [2.75, 3.05) is 27.4 Å². The summed E-state index contributed by atoms with van der Waals surface area (Å²) in [5.74, 6) is -0.897. The first-order chi connectivity index (χ1) is 14.1. The molecule has 0 aliphatic carbocycles.